The maximum Gasteiger partial charge on any atom is 0.106 e. The van der Waals surface area contributed by atoms with Gasteiger partial charge in [0.05, 0.1) is 0 Å². The van der Waals surface area contributed by atoms with E-state index < -0.39 is 0 Å². The molecule has 2 rings (SSSR count). The highest BCUT2D eigenvalue weighted by Gasteiger charge is 2.18. The van der Waals surface area contributed by atoms with Crippen molar-refractivity contribution >= 4 is 22.9 Å². The van der Waals surface area contributed by atoms with Gasteiger partial charge in [-0.3, -0.25) is 0 Å². The maximum absolute atomic E-state index is 5.71. The number of nitrogens with one attached hydrogen (secondary N) is 1. The highest BCUT2D eigenvalue weighted by Crippen LogP contribution is 2.25. The van der Waals surface area contributed by atoms with Gasteiger partial charge in [0, 0.05) is 17.3 Å². The van der Waals surface area contributed by atoms with E-state index in [1.165, 1.54) is 24.8 Å². The van der Waals surface area contributed by atoms with Crippen molar-refractivity contribution in [1.29, 1.82) is 0 Å². The molecule has 0 saturated heterocycles. The number of aryl methyl sites for hydroxylation is 1. The van der Waals surface area contributed by atoms with E-state index in [0.29, 0.717) is 11.0 Å². The summed E-state index contributed by atoms with van der Waals surface area (Å²) in [6.45, 7) is 2.05. The maximum atomic E-state index is 5.71. The summed E-state index contributed by atoms with van der Waals surface area (Å²) in [5, 5.41) is 3.49. The van der Waals surface area contributed by atoms with Crippen LogP contribution < -0.4 is 11.1 Å². The van der Waals surface area contributed by atoms with Crippen LogP contribution in [-0.2, 0) is 0 Å². The van der Waals surface area contributed by atoms with Crippen molar-refractivity contribution in [2.45, 2.75) is 32.2 Å². The molecule has 0 aromatic heterocycles. The van der Waals surface area contributed by atoms with E-state index in [4.69, 9.17) is 18.0 Å². The Morgan fingerprint density at radius 1 is 1.47 bits per heavy atom. The van der Waals surface area contributed by atoms with Crippen LogP contribution in [0.25, 0.3) is 0 Å². The normalized spacial score (nSPS) is 15.8. The number of hydrogen-bond donors (Lipinski definition) is 2. The summed E-state index contributed by atoms with van der Waals surface area (Å²) >= 11 is 5.05. The number of anilines is 1. The monoisotopic (exact) mass is 220 g/mol. The molecule has 0 bridgehead atoms. The van der Waals surface area contributed by atoms with Crippen LogP contribution in [0.1, 0.15) is 30.4 Å². The highest BCUT2D eigenvalue weighted by molar-refractivity contribution is 7.80. The van der Waals surface area contributed by atoms with Gasteiger partial charge in [-0.15, -0.1) is 0 Å². The molecule has 3 N–H and O–H groups in total. The van der Waals surface area contributed by atoms with E-state index in [0.717, 1.165) is 11.3 Å². The molecular weight excluding hydrogens is 204 g/mol. The van der Waals surface area contributed by atoms with E-state index in [2.05, 4.69) is 24.4 Å². The van der Waals surface area contributed by atoms with Crippen molar-refractivity contribution in [2.24, 2.45) is 5.73 Å². The Labute approximate surface area is 95.9 Å². The standard InChI is InChI=1S/C12H16N2S/c1-8-5-6-11(10(7-8)12(13)15)14-9-3-2-4-9/h5-7,9,14H,2-4H2,1H3,(H2,13,15). The first-order valence-corrected chi connectivity index (χ1v) is 5.74. The van der Waals surface area contributed by atoms with Gasteiger partial charge in [0.2, 0.25) is 0 Å². The van der Waals surface area contributed by atoms with Gasteiger partial charge < -0.3 is 11.1 Å². The van der Waals surface area contributed by atoms with Crippen molar-refractivity contribution < 1.29 is 0 Å². The molecular formula is C12H16N2S. The number of hydrogen-bond acceptors (Lipinski definition) is 2. The molecule has 1 aliphatic carbocycles. The fourth-order valence-electron chi connectivity index (χ4n) is 1.76. The molecule has 0 spiro atoms. The number of nitrogens with two attached hydrogens (primary N) is 1. The smallest absolute Gasteiger partial charge is 0.106 e. The van der Waals surface area contributed by atoms with Crippen molar-refractivity contribution in [2.75, 3.05) is 5.32 Å². The molecule has 0 radical (unpaired) electrons. The Morgan fingerprint density at radius 3 is 2.73 bits per heavy atom. The van der Waals surface area contributed by atoms with E-state index in [1.807, 2.05) is 6.07 Å². The van der Waals surface area contributed by atoms with Crippen molar-refractivity contribution in [3.8, 4) is 0 Å². The Morgan fingerprint density at radius 2 is 2.20 bits per heavy atom. The lowest BCUT2D eigenvalue weighted by Crippen LogP contribution is -2.28. The van der Waals surface area contributed by atoms with Crippen molar-refractivity contribution in [3.63, 3.8) is 0 Å². The third kappa shape index (κ3) is 2.29. The quantitative estimate of drug-likeness (QED) is 0.769. The second-order valence-electron chi connectivity index (χ2n) is 4.19. The average molecular weight is 220 g/mol. The van der Waals surface area contributed by atoms with Gasteiger partial charge >= 0.3 is 0 Å². The van der Waals surface area contributed by atoms with Crippen molar-refractivity contribution in [1.82, 2.24) is 0 Å². The second kappa shape index (κ2) is 4.19. The topological polar surface area (TPSA) is 38.0 Å². The van der Waals surface area contributed by atoms with Crippen LogP contribution in [-0.4, -0.2) is 11.0 Å². The zero-order valence-corrected chi connectivity index (χ0v) is 9.73. The fourth-order valence-corrected chi connectivity index (χ4v) is 1.93. The summed E-state index contributed by atoms with van der Waals surface area (Å²) < 4.78 is 0. The first kappa shape index (κ1) is 10.4. The SMILES string of the molecule is Cc1ccc(NC2CCC2)c(C(N)=S)c1. The summed E-state index contributed by atoms with van der Waals surface area (Å²) in [7, 11) is 0. The van der Waals surface area contributed by atoms with Gasteiger partial charge in [-0.1, -0.05) is 23.8 Å². The lowest BCUT2D eigenvalue weighted by atomic mass is 9.92. The highest BCUT2D eigenvalue weighted by atomic mass is 32.1. The third-order valence-electron chi connectivity index (χ3n) is 2.91. The van der Waals surface area contributed by atoms with Gasteiger partial charge in [0.1, 0.15) is 4.99 Å². The van der Waals surface area contributed by atoms with Gasteiger partial charge in [0.25, 0.3) is 0 Å². The van der Waals surface area contributed by atoms with Crippen LogP contribution in [0.2, 0.25) is 0 Å². The molecule has 1 aromatic carbocycles. The number of thiocarbonyl (C=S) groups is 1. The molecule has 0 aliphatic heterocycles. The minimum Gasteiger partial charge on any atom is -0.389 e. The predicted molar refractivity (Wildman–Crippen MR) is 68.3 cm³/mol. The van der Waals surface area contributed by atoms with Crippen LogP contribution in [0.15, 0.2) is 18.2 Å². The largest absolute Gasteiger partial charge is 0.389 e. The second-order valence-corrected chi connectivity index (χ2v) is 4.63. The summed E-state index contributed by atoms with van der Waals surface area (Å²) in [5.74, 6) is 0. The summed E-state index contributed by atoms with van der Waals surface area (Å²) in [6.07, 6.45) is 3.83. The minimum atomic E-state index is 0.473. The lowest BCUT2D eigenvalue weighted by Gasteiger charge is -2.28. The van der Waals surface area contributed by atoms with E-state index in [1.54, 1.807) is 0 Å². The van der Waals surface area contributed by atoms with E-state index >= 15 is 0 Å². The zero-order chi connectivity index (χ0) is 10.8. The predicted octanol–water partition coefficient (Wildman–Crippen LogP) is 2.59. The molecule has 0 heterocycles. The van der Waals surface area contributed by atoms with Crippen molar-refractivity contribution in [3.05, 3.63) is 29.3 Å². The van der Waals surface area contributed by atoms with Crippen LogP contribution in [0.3, 0.4) is 0 Å². The number of benzene rings is 1. The molecule has 1 saturated carbocycles. The summed E-state index contributed by atoms with van der Waals surface area (Å²) in [4.78, 5) is 0.473. The summed E-state index contributed by atoms with van der Waals surface area (Å²) in [6, 6.07) is 6.81. The molecule has 0 unspecified atom stereocenters. The Bertz CT molecular complexity index is 383. The van der Waals surface area contributed by atoms with E-state index in [9.17, 15) is 0 Å². The lowest BCUT2D eigenvalue weighted by molar-refractivity contribution is 0.445. The Balaban J connectivity index is 2.23. The van der Waals surface area contributed by atoms with E-state index in [-0.39, 0.29) is 0 Å². The molecule has 0 atom stereocenters. The molecule has 2 nitrogen and oxygen atoms in total. The molecule has 3 heteroatoms. The molecule has 15 heavy (non-hydrogen) atoms. The van der Waals surface area contributed by atoms with Crippen LogP contribution in [0, 0.1) is 6.92 Å². The average Bonchev–Trinajstić information content (AvgIpc) is 2.12. The summed E-state index contributed by atoms with van der Waals surface area (Å²) in [5.41, 5.74) is 8.95. The molecule has 80 valence electrons. The Hall–Kier alpha value is -1.09. The number of rotatable bonds is 3. The first-order valence-electron chi connectivity index (χ1n) is 5.34. The zero-order valence-electron chi connectivity index (χ0n) is 8.92. The third-order valence-corrected chi connectivity index (χ3v) is 3.13. The van der Waals surface area contributed by atoms with Crippen LogP contribution in [0.4, 0.5) is 5.69 Å². The molecule has 1 aliphatic rings. The van der Waals surface area contributed by atoms with Crippen LogP contribution >= 0.6 is 12.2 Å². The fraction of sp³-hybridized carbons (Fsp3) is 0.417. The Kier molecular flexibility index (Phi) is 2.91. The molecule has 1 fully saturated rings. The van der Waals surface area contributed by atoms with Gasteiger partial charge in [0.15, 0.2) is 0 Å². The van der Waals surface area contributed by atoms with Gasteiger partial charge in [-0.05, 0) is 38.3 Å². The van der Waals surface area contributed by atoms with Gasteiger partial charge in [-0.2, -0.15) is 0 Å². The first-order chi connectivity index (χ1) is 7.16. The minimum absolute atomic E-state index is 0.473. The molecule has 0 amide bonds. The van der Waals surface area contributed by atoms with Gasteiger partial charge in [-0.25, -0.2) is 0 Å². The van der Waals surface area contributed by atoms with Crippen LogP contribution in [0.5, 0.6) is 0 Å². The molecule has 1 aromatic rings.